The van der Waals surface area contributed by atoms with Gasteiger partial charge >= 0.3 is 5.97 Å². The minimum Gasteiger partial charge on any atom is -0.468 e. The lowest BCUT2D eigenvalue weighted by Gasteiger charge is -2.24. The molecule has 0 N–H and O–H groups in total. The molecule has 0 aliphatic heterocycles. The maximum atomic E-state index is 12.2. The van der Waals surface area contributed by atoms with Gasteiger partial charge in [0.25, 0.3) is 0 Å². The second-order valence-corrected chi connectivity index (χ2v) is 4.74. The van der Waals surface area contributed by atoms with Gasteiger partial charge in [0.2, 0.25) is 0 Å². The van der Waals surface area contributed by atoms with E-state index in [4.69, 9.17) is 4.74 Å². The highest BCUT2D eigenvalue weighted by atomic mass is 16.5. The Hall–Kier alpha value is -1.12. The van der Waals surface area contributed by atoms with Gasteiger partial charge in [-0.15, -0.1) is 6.58 Å². The van der Waals surface area contributed by atoms with Crippen LogP contribution in [-0.2, 0) is 14.3 Å². The van der Waals surface area contributed by atoms with Crippen LogP contribution in [0.3, 0.4) is 0 Å². The van der Waals surface area contributed by atoms with Crippen molar-refractivity contribution in [3.05, 3.63) is 12.7 Å². The van der Waals surface area contributed by atoms with Crippen LogP contribution in [0.5, 0.6) is 0 Å². The smallest absolute Gasteiger partial charge is 0.319 e. The monoisotopic (exact) mass is 238 g/mol. The van der Waals surface area contributed by atoms with Gasteiger partial charge < -0.3 is 4.74 Å². The Morgan fingerprint density at radius 3 is 2.47 bits per heavy atom. The van der Waals surface area contributed by atoms with Crippen LogP contribution >= 0.6 is 0 Å². The van der Waals surface area contributed by atoms with E-state index < -0.39 is 5.41 Å². The Kier molecular flexibility index (Phi) is 5.39. The standard InChI is InChI=1S/C14H22O3/c1-3-4-5-6-9-12(15)14(13(16)17-2)10-7-8-11-14/h3H,1,4-11H2,2H3. The average molecular weight is 238 g/mol. The third-order valence-corrected chi connectivity index (χ3v) is 3.63. The zero-order chi connectivity index (χ0) is 12.7. The molecule has 3 heteroatoms. The first-order valence-corrected chi connectivity index (χ1v) is 6.40. The van der Waals surface area contributed by atoms with Crippen LogP contribution in [0, 0.1) is 5.41 Å². The molecule has 0 heterocycles. The molecule has 96 valence electrons. The lowest BCUT2D eigenvalue weighted by Crippen LogP contribution is -2.37. The number of hydrogen-bond acceptors (Lipinski definition) is 3. The third-order valence-electron chi connectivity index (χ3n) is 3.63. The van der Waals surface area contributed by atoms with E-state index in [0.29, 0.717) is 19.3 Å². The first-order valence-electron chi connectivity index (χ1n) is 6.40. The summed E-state index contributed by atoms with van der Waals surface area (Å²) in [5, 5.41) is 0. The van der Waals surface area contributed by atoms with Gasteiger partial charge in [-0.05, 0) is 32.1 Å². The molecule has 0 spiro atoms. The van der Waals surface area contributed by atoms with E-state index in [1.54, 1.807) is 0 Å². The molecule has 0 unspecified atom stereocenters. The summed E-state index contributed by atoms with van der Waals surface area (Å²) in [6, 6.07) is 0. The number of carbonyl (C=O) groups is 2. The number of ketones is 1. The molecule has 0 bridgehead atoms. The van der Waals surface area contributed by atoms with Gasteiger partial charge in [0, 0.05) is 6.42 Å². The van der Waals surface area contributed by atoms with Crippen LogP contribution in [0.2, 0.25) is 0 Å². The normalized spacial score (nSPS) is 17.7. The summed E-state index contributed by atoms with van der Waals surface area (Å²) in [5.41, 5.74) is -0.817. The van der Waals surface area contributed by atoms with E-state index in [-0.39, 0.29) is 11.8 Å². The molecule has 0 amide bonds. The fourth-order valence-electron chi connectivity index (χ4n) is 2.58. The lowest BCUT2D eigenvalue weighted by atomic mass is 9.79. The zero-order valence-electron chi connectivity index (χ0n) is 10.7. The molecule has 1 aliphatic carbocycles. The van der Waals surface area contributed by atoms with Gasteiger partial charge in [0.15, 0.2) is 0 Å². The minimum absolute atomic E-state index is 0.0749. The van der Waals surface area contributed by atoms with E-state index in [2.05, 4.69) is 6.58 Å². The van der Waals surface area contributed by atoms with E-state index >= 15 is 0 Å². The highest BCUT2D eigenvalue weighted by molar-refractivity contribution is 6.04. The quantitative estimate of drug-likeness (QED) is 0.296. The molecule has 1 saturated carbocycles. The molecular weight excluding hydrogens is 216 g/mol. The van der Waals surface area contributed by atoms with Gasteiger partial charge in [0.1, 0.15) is 11.2 Å². The number of carbonyl (C=O) groups excluding carboxylic acids is 2. The maximum Gasteiger partial charge on any atom is 0.319 e. The number of allylic oxidation sites excluding steroid dienone is 1. The van der Waals surface area contributed by atoms with Crippen LogP contribution in [0.25, 0.3) is 0 Å². The maximum absolute atomic E-state index is 12.2. The second kappa shape index (κ2) is 6.58. The molecule has 1 fully saturated rings. The van der Waals surface area contributed by atoms with Crippen LogP contribution < -0.4 is 0 Å². The van der Waals surface area contributed by atoms with Gasteiger partial charge in [-0.1, -0.05) is 18.9 Å². The van der Waals surface area contributed by atoms with Crippen molar-refractivity contribution < 1.29 is 14.3 Å². The lowest BCUT2D eigenvalue weighted by molar-refractivity contribution is -0.157. The fraction of sp³-hybridized carbons (Fsp3) is 0.714. The number of rotatable bonds is 7. The number of hydrogen-bond donors (Lipinski definition) is 0. The van der Waals surface area contributed by atoms with E-state index in [1.165, 1.54) is 7.11 Å². The molecule has 17 heavy (non-hydrogen) atoms. The topological polar surface area (TPSA) is 43.4 Å². The van der Waals surface area contributed by atoms with E-state index in [1.807, 2.05) is 6.08 Å². The van der Waals surface area contributed by atoms with Crippen molar-refractivity contribution in [2.75, 3.05) is 7.11 Å². The van der Waals surface area contributed by atoms with Crippen molar-refractivity contribution >= 4 is 11.8 Å². The minimum atomic E-state index is -0.817. The van der Waals surface area contributed by atoms with Gasteiger partial charge in [0.05, 0.1) is 7.11 Å². The Morgan fingerprint density at radius 1 is 1.29 bits per heavy atom. The molecular formula is C14H22O3. The molecule has 1 rings (SSSR count). The van der Waals surface area contributed by atoms with Gasteiger partial charge in [-0.3, -0.25) is 9.59 Å². The highest BCUT2D eigenvalue weighted by Gasteiger charge is 2.47. The van der Waals surface area contributed by atoms with Crippen LogP contribution in [0.4, 0.5) is 0 Å². The average Bonchev–Trinajstić information content (AvgIpc) is 2.84. The van der Waals surface area contributed by atoms with Crippen LogP contribution in [-0.4, -0.2) is 18.9 Å². The Labute approximate surface area is 103 Å². The molecule has 0 aromatic heterocycles. The van der Waals surface area contributed by atoms with Crippen LogP contribution in [0.15, 0.2) is 12.7 Å². The van der Waals surface area contributed by atoms with Gasteiger partial charge in [-0.2, -0.15) is 0 Å². The molecule has 0 aromatic carbocycles. The summed E-state index contributed by atoms with van der Waals surface area (Å²) >= 11 is 0. The number of esters is 1. The second-order valence-electron chi connectivity index (χ2n) is 4.74. The number of methoxy groups -OCH3 is 1. The molecule has 0 aromatic rings. The van der Waals surface area contributed by atoms with Crippen molar-refractivity contribution in [1.82, 2.24) is 0 Å². The predicted molar refractivity (Wildman–Crippen MR) is 66.6 cm³/mol. The van der Waals surface area contributed by atoms with Crippen molar-refractivity contribution in [3.8, 4) is 0 Å². The first kappa shape index (κ1) is 13.9. The Morgan fingerprint density at radius 2 is 1.94 bits per heavy atom. The van der Waals surface area contributed by atoms with Gasteiger partial charge in [-0.25, -0.2) is 0 Å². The van der Waals surface area contributed by atoms with Crippen molar-refractivity contribution in [1.29, 1.82) is 0 Å². The van der Waals surface area contributed by atoms with Crippen molar-refractivity contribution in [3.63, 3.8) is 0 Å². The summed E-state index contributed by atoms with van der Waals surface area (Å²) < 4.78 is 4.81. The fourth-order valence-corrected chi connectivity index (χ4v) is 2.58. The number of unbranched alkanes of at least 4 members (excludes halogenated alkanes) is 2. The zero-order valence-corrected chi connectivity index (χ0v) is 10.7. The Bertz CT molecular complexity index is 288. The van der Waals surface area contributed by atoms with Crippen LogP contribution in [0.1, 0.15) is 51.4 Å². The SMILES string of the molecule is C=CCCCCC(=O)C1(C(=O)OC)CCCC1. The summed E-state index contributed by atoms with van der Waals surface area (Å²) in [4.78, 5) is 24.0. The predicted octanol–water partition coefficient (Wildman–Crippen LogP) is 3.04. The third kappa shape index (κ3) is 3.18. The Balaban J connectivity index is 2.55. The number of ether oxygens (including phenoxy) is 1. The summed E-state index contributed by atoms with van der Waals surface area (Å²) in [6.45, 7) is 3.65. The largest absolute Gasteiger partial charge is 0.468 e. The first-order chi connectivity index (χ1) is 8.17. The van der Waals surface area contributed by atoms with Crippen molar-refractivity contribution in [2.45, 2.75) is 51.4 Å². The summed E-state index contributed by atoms with van der Waals surface area (Å²) in [5.74, 6) is -0.255. The molecule has 3 nitrogen and oxygen atoms in total. The van der Waals surface area contributed by atoms with Crippen molar-refractivity contribution in [2.24, 2.45) is 5.41 Å². The van der Waals surface area contributed by atoms with E-state index in [0.717, 1.165) is 32.1 Å². The number of Topliss-reactive ketones (excluding diaryl/α,β-unsaturated/α-hetero) is 1. The highest BCUT2D eigenvalue weighted by Crippen LogP contribution is 2.41. The summed E-state index contributed by atoms with van der Waals surface area (Å²) in [7, 11) is 1.37. The molecule has 1 aliphatic rings. The molecule has 0 radical (unpaired) electrons. The van der Waals surface area contributed by atoms with E-state index in [9.17, 15) is 9.59 Å². The molecule has 0 atom stereocenters. The molecule has 0 saturated heterocycles. The summed E-state index contributed by atoms with van der Waals surface area (Å²) in [6.07, 6.45) is 8.31.